The normalized spacial score (nSPS) is 9.50. The molecule has 1 heterocycles. The van der Waals surface area contributed by atoms with Crippen LogP contribution in [0.1, 0.15) is 23.0 Å². The van der Waals surface area contributed by atoms with Crippen molar-refractivity contribution in [1.82, 2.24) is 15.5 Å². The van der Waals surface area contributed by atoms with Gasteiger partial charge in [-0.2, -0.15) is 5.10 Å². The SMILES string of the molecule is CCc1cnnc(C(=O)NC)c1. The van der Waals surface area contributed by atoms with Crippen molar-refractivity contribution in [3.8, 4) is 0 Å². The second-order valence-electron chi connectivity index (χ2n) is 2.38. The maximum absolute atomic E-state index is 11.1. The number of aryl methyl sites for hydroxylation is 1. The molecule has 1 amide bonds. The lowest BCUT2D eigenvalue weighted by atomic mass is 10.2. The van der Waals surface area contributed by atoms with E-state index in [9.17, 15) is 4.79 Å². The van der Waals surface area contributed by atoms with Crippen LogP contribution < -0.4 is 5.32 Å². The van der Waals surface area contributed by atoms with Crippen molar-refractivity contribution in [2.24, 2.45) is 0 Å². The van der Waals surface area contributed by atoms with Gasteiger partial charge in [0.05, 0.1) is 6.20 Å². The van der Waals surface area contributed by atoms with E-state index in [1.807, 2.05) is 6.92 Å². The highest BCUT2D eigenvalue weighted by Gasteiger charge is 2.04. The largest absolute Gasteiger partial charge is 0.354 e. The summed E-state index contributed by atoms with van der Waals surface area (Å²) < 4.78 is 0. The van der Waals surface area contributed by atoms with Crippen molar-refractivity contribution >= 4 is 5.91 Å². The summed E-state index contributed by atoms with van der Waals surface area (Å²) in [5, 5.41) is 9.90. The maximum Gasteiger partial charge on any atom is 0.271 e. The average molecular weight is 165 g/mol. The molecule has 4 nitrogen and oxygen atoms in total. The number of hydrogen-bond acceptors (Lipinski definition) is 3. The molecule has 0 unspecified atom stereocenters. The third-order valence-corrected chi connectivity index (χ3v) is 1.58. The molecule has 0 aliphatic carbocycles. The van der Waals surface area contributed by atoms with Gasteiger partial charge in [0.25, 0.3) is 5.91 Å². The van der Waals surface area contributed by atoms with Gasteiger partial charge in [0.2, 0.25) is 0 Å². The Morgan fingerprint density at radius 3 is 3.00 bits per heavy atom. The summed E-state index contributed by atoms with van der Waals surface area (Å²) in [7, 11) is 1.57. The molecule has 1 aromatic rings. The number of carbonyl (C=O) groups is 1. The Labute approximate surface area is 71.0 Å². The van der Waals surface area contributed by atoms with Gasteiger partial charge in [0.1, 0.15) is 0 Å². The summed E-state index contributed by atoms with van der Waals surface area (Å²) in [6.45, 7) is 2.00. The second-order valence-corrected chi connectivity index (χ2v) is 2.38. The molecule has 0 saturated carbocycles. The zero-order valence-corrected chi connectivity index (χ0v) is 7.16. The van der Waals surface area contributed by atoms with Crippen molar-refractivity contribution in [3.05, 3.63) is 23.5 Å². The Bertz CT molecular complexity index is 285. The Balaban J connectivity index is 2.93. The van der Waals surface area contributed by atoms with E-state index < -0.39 is 0 Å². The molecule has 1 rings (SSSR count). The molecule has 0 spiro atoms. The maximum atomic E-state index is 11.1. The fourth-order valence-corrected chi connectivity index (χ4v) is 0.839. The molecule has 0 aliphatic heterocycles. The second kappa shape index (κ2) is 3.80. The summed E-state index contributed by atoms with van der Waals surface area (Å²) in [6.07, 6.45) is 2.52. The third kappa shape index (κ3) is 1.78. The molecule has 0 atom stereocenters. The average Bonchev–Trinajstić information content (AvgIpc) is 2.17. The monoisotopic (exact) mass is 165 g/mol. The van der Waals surface area contributed by atoms with Gasteiger partial charge in [-0.05, 0) is 18.1 Å². The number of rotatable bonds is 2. The van der Waals surface area contributed by atoms with Crippen molar-refractivity contribution in [1.29, 1.82) is 0 Å². The number of nitrogens with one attached hydrogen (secondary N) is 1. The lowest BCUT2D eigenvalue weighted by Gasteiger charge is -1.98. The molecule has 0 aromatic carbocycles. The van der Waals surface area contributed by atoms with Crippen molar-refractivity contribution in [3.63, 3.8) is 0 Å². The van der Waals surface area contributed by atoms with E-state index in [0.717, 1.165) is 12.0 Å². The molecule has 0 radical (unpaired) electrons. The molecule has 0 aliphatic rings. The van der Waals surface area contributed by atoms with Gasteiger partial charge < -0.3 is 5.32 Å². The number of nitrogens with zero attached hydrogens (tertiary/aromatic N) is 2. The van der Waals surface area contributed by atoms with Gasteiger partial charge in [0, 0.05) is 7.05 Å². The van der Waals surface area contributed by atoms with Crippen molar-refractivity contribution in [2.75, 3.05) is 7.05 Å². The smallest absolute Gasteiger partial charge is 0.271 e. The van der Waals surface area contributed by atoms with Gasteiger partial charge in [-0.25, -0.2) is 0 Å². The standard InChI is InChI=1S/C8H11N3O/c1-3-6-4-7(8(12)9-2)11-10-5-6/h4-5H,3H2,1-2H3,(H,9,12). The molecule has 1 aromatic heterocycles. The van der Waals surface area contributed by atoms with Crippen LogP contribution in [0, 0.1) is 0 Å². The summed E-state index contributed by atoms with van der Waals surface area (Å²) in [5.74, 6) is -0.196. The Morgan fingerprint density at radius 2 is 2.42 bits per heavy atom. The van der Waals surface area contributed by atoms with Crippen molar-refractivity contribution < 1.29 is 4.79 Å². The summed E-state index contributed by atoms with van der Waals surface area (Å²) >= 11 is 0. The van der Waals surface area contributed by atoms with Crippen LogP contribution in [-0.2, 0) is 6.42 Å². The van der Waals surface area contributed by atoms with Gasteiger partial charge in [0.15, 0.2) is 5.69 Å². The van der Waals surface area contributed by atoms with Crippen LogP contribution >= 0.6 is 0 Å². The first-order valence-corrected chi connectivity index (χ1v) is 3.81. The van der Waals surface area contributed by atoms with Crippen LogP contribution in [0.5, 0.6) is 0 Å². The van der Waals surface area contributed by atoms with Crippen LogP contribution in [0.3, 0.4) is 0 Å². The number of carbonyl (C=O) groups excluding carboxylic acids is 1. The minimum atomic E-state index is -0.196. The molecule has 0 saturated heterocycles. The molecule has 12 heavy (non-hydrogen) atoms. The third-order valence-electron chi connectivity index (χ3n) is 1.58. The summed E-state index contributed by atoms with van der Waals surface area (Å²) in [5.41, 5.74) is 1.39. The Hall–Kier alpha value is -1.45. The van der Waals surface area contributed by atoms with Gasteiger partial charge in [-0.1, -0.05) is 6.92 Å². The van der Waals surface area contributed by atoms with Crippen LogP contribution in [0.2, 0.25) is 0 Å². The van der Waals surface area contributed by atoms with Crippen molar-refractivity contribution in [2.45, 2.75) is 13.3 Å². The van der Waals surface area contributed by atoms with E-state index in [1.54, 1.807) is 19.3 Å². The number of amides is 1. The topological polar surface area (TPSA) is 54.9 Å². The molecule has 0 bridgehead atoms. The predicted molar refractivity (Wildman–Crippen MR) is 44.8 cm³/mol. The van der Waals surface area contributed by atoms with E-state index in [1.165, 1.54) is 0 Å². The van der Waals surface area contributed by atoms with E-state index in [2.05, 4.69) is 15.5 Å². The molecule has 4 heteroatoms. The fourth-order valence-electron chi connectivity index (χ4n) is 0.839. The minimum absolute atomic E-state index is 0.196. The molecular weight excluding hydrogens is 154 g/mol. The number of hydrogen-bond donors (Lipinski definition) is 1. The highest BCUT2D eigenvalue weighted by Crippen LogP contribution is 1.99. The first kappa shape index (κ1) is 8.64. The predicted octanol–water partition coefficient (Wildman–Crippen LogP) is 0.399. The van der Waals surface area contributed by atoms with Crippen LogP contribution in [0.15, 0.2) is 12.3 Å². The Morgan fingerprint density at radius 1 is 1.67 bits per heavy atom. The van der Waals surface area contributed by atoms with E-state index in [-0.39, 0.29) is 5.91 Å². The van der Waals surface area contributed by atoms with Crippen LogP contribution in [0.25, 0.3) is 0 Å². The van der Waals surface area contributed by atoms with E-state index >= 15 is 0 Å². The highest BCUT2D eigenvalue weighted by atomic mass is 16.1. The minimum Gasteiger partial charge on any atom is -0.354 e. The molecule has 1 N–H and O–H groups in total. The number of aromatic nitrogens is 2. The first-order valence-electron chi connectivity index (χ1n) is 3.81. The van der Waals surface area contributed by atoms with Crippen LogP contribution in [0.4, 0.5) is 0 Å². The zero-order valence-electron chi connectivity index (χ0n) is 7.16. The molecular formula is C8H11N3O. The van der Waals surface area contributed by atoms with Gasteiger partial charge in [-0.3, -0.25) is 4.79 Å². The zero-order chi connectivity index (χ0) is 8.97. The van der Waals surface area contributed by atoms with Crippen LogP contribution in [-0.4, -0.2) is 23.2 Å². The fraction of sp³-hybridized carbons (Fsp3) is 0.375. The quantitative estimate of drug-likeness (QED) is 0.690. The van der Waals surface area contributed by atoms with E-state index in [0.29, 0.717) is 5.69 Å². The van der Waals surface area contributed by atoms with E-state index in [4.69, 9.17) is 0 Å². The lowest BCUT2D eigenvalue weighted by Crippen LogP contribution is -2.19. The van der Waals surface area contributed by atoms with Gasteiger partial charge in [-0.15, -0.1) is 5.10 Å². The van der Waals surface area contributed by atoms with Gasteiger partial charge >= 0.3 is 0 Å². The lowest BCUT2D eigenvalue weighted by molar-refractivity contribution is 0.0957. The summed E-state index contributed by atoms with van der Waals surface area (Å²) in [6, 6.07) is 1.74. The highest BCUT2D eigenvalue weighted by molar-refractivity contribution is 5.91. The first-order chi connectivity index (χ1) is 5.77. The Kier molecular flexibility index (Phi) is 2.74. The molecule has 64 valence electrons. The summed E-state index contributed by atoms with van der Waals surface area (Å²) in [4.78, 5) is 11.1. The molecule has 0 fully saturated rings.